The van der Waals surface area contributed by atoms with Gasteiger partial charge in [-0.3, -0.25) is 4.79 Å². The second kappa shape index (κ2) is 9.82. The number of carbonyl (C=O) groups excluding carboxylic acids is 2. The van der Waals surface area contributed by atoms with Crippen molar-refractivity contribution >= 4 is 20.1 Å². The van der Waals surface area contributed by atoms with Crippen molar-refractivity contribution in [2.24, 2.45) is 0 Å². The number of hydrogen-bond acceptors (Lipinski definition) is 4. The molecule has 0 spiro atoms. The molecule has 1 heterocycles. The van der Waals surface area contributed by atoms with Gasteiger partial charge in [0.05, 0.1) is 5.56 Å². The Kier molecular flexibility index (Phi) is 7.63. The van der Waals surface area contributed by atoms with E-state index in [1.54, 1.807) is 0 Å². The fraction of sp³-hybridized carbons (Fsp3) is 0.571. The SMILES string of the molecule is CC(C)(C)OC(=O)c1ccc(Cn2c(CCO[Si](C)(C)C(C)(C)C)cc3c2CCCC3=O)cc1. The van der Waals surface area contributed by atoms with E-state index in [9.17, 15) is 9.59 Å². The third-order valence-corrected chi connectivity index (χ3v) is 11.5. The number of carbonyl (C=O) groups is 2. The summed E-state index contributed by atoms with van der Waals surface area (Å²) in [5, 5.41) is 0.167. The Morgan fingerprint density at radius 3 is 2.26 bits per heavy atom. The van der Waals surface area contributed by atoms with Crippen LogP contribution in [0.4, 0.5) is 0 Å². The molecule has 0 atom stereocenters. The van der Waals surface area contributed by atoms with Gasteiger partial charge in [0, 0.05) is 42.9 Å². The highest BCUT2D eigenvalue weighted by Crippen LogP contribution is 2.36. The quantitative estimate of drug-likeness (QED) is 0.330. The molecule has 186 valence electrons. The van der Waals surface area contributed by atoms with E-state index in [1.165, 1.54) is 0 Å². The minimum Gasteiger partial charge on any atom is -0.456 e. The molecule has 0 radical (unpaired) electrons. The molecule has 0 N–H and O–H groups in total. The minimum absolute atomic E-state index is 0.167. The first kappa shape index (κ1) is 26.4. The highest BCUT2D eigenvalue weighted by molar-refractivity contribution is 6.74. The third kappa shape index (κ3) is 6.27. The van der Waals surface area contributed by atoms with Gasteiger partial charge in [-0.2, -0.15) is 0 Å². The monoisotopic (exact) mass is 483 g/mol. The van der Waals surface area contributed by atoms with Gasteiger partial charge in [0.2, 0.25) is 0 Å². The maximum Gasteiger partial charge on any atom is 0.338 e. The fourth-order valence-electron chi connectivity index (χ4n) is 4.01. The van der Waals surface area contributed by atoms with Crippen LogP contribution >= 0.6 is 0 Å². The van der Waals surface area contributed by atoms with Crippen LogP contribution in [0.1, 0.15) is 92.1 Å². The summed E-state index contributed by atoms with van der Waals surface area (Å²) in [5.74, 6) is -0.0710. The predicted molar refractivity (Wildman–Crippen MR) is 139 cm³/mol. The summed E-state index contributed by atoms with van der Waals surface area (Å²) in [6, 6.07) is 9.69. The van der Waals surface area contributed by atoms with E-state index < -0.39 is 13.9 Å². The zero-order valence-electron chi connectivity index (χ0n) is 22.2. The maximum absolute atomic E-state index is 12.6. The number of rotatable bonds is 7. The highest BCUT2D eigenvalue weighted by Gasteiger charge is 2.37. The fourth-order valence-corrected chi connectivity index (χ4v) is 5.05. The van der Waals surface area contributed by atoms with Gasteiger partial charge in [-0.15, -0.1) is 0 Å². The van der Waals surface area contributed by atoms with Crippen molar-refractivity contribution in [1.29, 1.82) is 0 Å². The molecule has 0 fully saturated rings. The van der Waals surface area contributed by atoms with E-state index in [2.05, 4.69) is 44.5 Å². The zero-order chi connectivity index (χ0) is 25.3. The summed E-state index contributed by atoms with van der Waals surface area (Å²) in [6.07, 6.45) is 3.22. The lowest BCUT2D eigenvalue weighted by Gasteiger charge is -2.36. The predicted octanol–water partition coefficient (Wildman–Crippen LogP) is 6.58. The molecule has 3 rings (SSSR count). The first-order valence-electron chi connectivity index (χ1n) is 12.4. The van der Waals surface area contributed by atoms with Crippen molar-refractivity contribution in [3.63, 3.8) is 0 Å². The van der Waals surface area contributed by atoms with E-state index in [-0.39, 0.29) is 16.8 Å². The number of esters is 1. The van der Waals surface area contributed by atoms with Gasteiger partial charge < -0.3 is 13.7 Å². The summed E-state index contributed by atoms with van der Waals surface area (Å²) in [4.78, 5) is 25.0. The molecule has 34 heavy (non-hydrogen) atoms. The Morgan fingerprint density at radius 1 is 1.03 bits per heavy atom. The maximum atomic E-state index is 12.6. The molecule has 1 aromatic carbocycles. The summed E-state index contributed by atoms with van der Waals surface area (Å²) in [6.45, 7) is 18.2. The number of hydrogen-bond donors (Lipinski definition) is 0. The van der Waals surface area contributed by atoms with Gasteiger partial charge in [-0.25, -0.2) is 4.79 Å². The van der Waals surface area contributed by atoms with E-state index in [0.717, 1.165) is 41.8 Å². The number of ketones is 1. The normalized spacial score (nSPS) is 14.8. The summed E-state index contributed by atoms with van der Waals surface area (Å²) in [5.41, 5.74) is 4.28. The highest BCUT2D eigenvalue weighted by atomic mass is 28.4. The second-order valence-corrected chi connectivity index (χ2v) is 16.7. The van der Waals surface area contributed by atoms with Crippen LogP contribution in [-0.2, 0) is 28.5 Å². The van der Waals surface area contributed by atoms with Gasteiger partial charge in [0.25, 0.3) is 0 Å². The molecule has 5 nitrogen and oxygen atoms in total. The molecule has 1 aliphatic carbocycles. The molecule has 6 heteroatoms. The molecule has 1 aromatic heterocycles. The molecule has 0 aliphatic heterocycles. The van der Waals surface area contributed by atoms with Crippen LogP contribution in [0.3, 0.4) is 0 Å². The molecular weight excluding hydrogens is 442 g/mol. The number of benzene rings is 1. The average Bonchev–Trinajstić information content (AvgIpc) is 3.05. The lowest BCUT2D eigenvalue weighted by molar-refractivity contribution is 0.00694. The smallest absolute Gasteiger partial charge is 0.338 e. The summed E-state index contributed by atoms with van der Waals surface area (Å²) < 4.78 is 14.2. The number of aromatic nitrogens is 1. The largest absolute Gasteiger partial charge is 0.456 e. The Bertz CT molecular complexity index is 1040. The number of Topliss-reactive ketones (excluding diaryl/α,β-unsaturated/α-hetero) is 1. The Morgan fingerprint density at radius 2 is 1.68 bits per heavy atom. The number of nitrogens with zero attached hydrogens (tertiary/aromatic N) is 1. The van der Waals surface area contributed by atoms with Crippen LogP contribution in [0, 0.1) is 0 Å². The molecular formula is C28H41NO4Si. The van der Waals surface area contributed by atoms with Crippen molar-refractivity contribution in [2.45, 2.75) is 97.5 Å². The molecule has 1 aliphatic rings. The van der Waals surface area contributed by atoms with E-state index >= 15 is 0 Å². The lowest BCUT2D eigenvalue weighted by Crippen LogP contribution is -2.41. The van der Waals surface area contributed by atoms with Gasteiger partial charge in [0.1, 0.15) is 5.60 Å². The van der Waals surface area contributed by atoms with Crippen LogP contribution in [0.15, 0.2) is 30.3 Å². The first-order chi connectivity index (χ1) is 15.7. The molecule has 0 saturated heterocycles. The average molecular weight is 484 g/mol. The van der Waals surface area contributed by atoms with Crippen molar-refractivity contribution < 1.29 is 18.8 Å². The van der Waals surface area contributed by atoms with Crippen molar-refractivity contribution in [2.75, 3.05) is 6.61 Å². The minimum atomic E-state index is -1.83. The summed E-state index contributed by atoms with van der Waals surface area (Å²) >= 11 is 0. The summed E-state index contributed by atoms with van der Waals surface area (Å²) in [7, 11) is -1.83. The van der Waals surface area contributed by atoms with E-state index in [4.69, 9.17) is 9.16 Å². The molecule has 2 aromatic rings. The van der Waals surface area contributed by atoms with Crippen molar-refractivity contribution in [3.05, 3.63) is 58.4 Å². The lowest BCUT2D eigenvalue weighted by atomic mass is 9.96. The Hall–Kier alpha value is -2.18. The molecule has 0 saturated carbocycles. The Labute approximate surface area is 206 Å². The van der Waals surface area contributed by atoms with Crippen molar-refractivity contribution in [1.82, 2.24) is 4.57 Å². The van der Waals surface area contributed by atoms with Crippen LogP contribution in [-0.4, -0.2) is 36.8 Å². The number of ether oxygens (including phenoxy) is 1. The second-order valence-electron chi connectivity index (χ2n) is 11.9. The van der Waals surface area contributed by atoms with Crippen LogP contribution in [0.5, 0.6) is 0 Å². The van der Waals surface area contributed by atoms with Crippen LogP contribution < -0.4 is 0 Å². The molecule has 0 bridgehead atoms. The van der Waals surface area contributed by atoms with Gasteiger partial charge >= 0.3 is 5.97 Å². The van der Waals surface area contributed by atoms with Crippen LogP contribution in [0.2, 0.25) is 18.1 Å². The molecule has 0 unspecified atom stereocenters. The van der Waals surface area contributed by atoms with E-state index in [0.29, 0.717) is 25.1 Å². The first-order valence-corrected chi connectivity index (χ1v) is 15.3. The standard InChI is InChI=1S/C28H41NO4Si/c1-27(2,3)33-26(31)21-14-12-20(13-15-21)19-29-22(16-17-32-34(7,8)28(4,5)6)18-23-24(29)10-9-11-25(23)30/h12-15,18H,9-11,16-17,19H2,1-8H3. The Balaban J connectivity index is 1.80. The van der Waals surface area contributed by atoms with E-state index in [1.807, 2.05) is 45.0 Å². The zero-order valence-corrected chi connectivity index (χ0v) is 23.2. The van der Waals surface area contributed by atoms with Crippen molar-refractivity contribution in [3.8, 4) is 0 Å². The van der Waals surface area contributed by atoms with Crippen LogP contribution in [0.25, 0.3) is 0 Å². The molecule has 0 amide bonds. The number of fused-ring (bicyclic) bond motifs is 1. The topological polar surface area (TPSA) is 57.5 Å². The van der Waals surface area contributed by atoms with Gasteiger partial charge in [0.15, 0.2) is 14.1 Å². The third-order valence-electron chi connectivity index (χ3n) is 6.97. The van der Waals surface area contributed by atoms with Gasteiger partial charge in [-0.1, -0.05) is 32.9 Å². The van der Waals surface area contributed by atoms with Gasteiger partial charge in [-0.05, 0) is 75.5 Å².